The lowest BCUT2D eigenvalue weighted by molar-refractivity contribution is 0.0784. The maximum absolute atomic E-state index is 15.3. The van der Waals surface area contributed by atoms with Gasteiger partial charge in [0.2, 0.25) is 5.43 Å². The van der Waals surface area contributed by atoms with E-state index in [0.29, 0.717) is 49.9 Å². The van der Waals surface area contributed by atoms with Gasteiger partial charge in [-0.1, -0.05) is 12.1 Å². The van der Waals surface area contributed by atoms with E-state index in [0.717, 1.165) is 16.6 Å². The molecule has 2 fully saturated rings. The highest BCUT2D eigenvalue weighted by molar-refractivity contribution is 7.24. The molecule has 0 spiro atoms. The number of carbonyl (C=O) groups is 1. The number of morpholine rings is 1. The van der Waals surface area contributed by atoms with Crippen molar-refractivity contribution in [3.8, 4) is 0 Å². The first-order chi connectivity index (χ1) is 16.9. The molecule has 0 aliphatic carbocycles. The molecule has 1 atom stereocenters. The van der Waals surface area contributed by atoms with Gasteiger partial charge in [0, 0.05) is 32.2 Å². The van der Waals surface area contributed by atoms with Gasteiger partial charge in [0.25, 0.3) is 5.91 Å². The SMILES string of the molecule is CN(C)C1CCN(C(=O)c2c(=O)c3cc(F)c(N4CCOCC4)nc3n3c2sc2ccccc23)C1. The average molecular weight is 496 g/mol. The molecule has 6 rings (SSSR count). The van der Waals surface area contributed by atoms with E-state index in [9.17, 15) is 9.59 Å². The van der Waals surface area contributed by atoms with Crippen LogP contribution >= 0.6 is 11.3 Å². The van der Waals surface area contributed by atoms with Gasteiger partial charge in [0.05, 0.1) is 28.8 Å². The zero-order valence-corrected chi connectivity index (χ0v) is 20.5. The highest BCUT2D eigenvalue weighted by Gasteiger charge is 2.32. The third-order valence-corrected chi connectivity index (χ3v) is 8.20. The van der Waals surface area contributed by atoms with Crippen LogP contribution in [0.1, 0.15) is 16.8 Å². The number of benzene rings is 1. The maximum Gasteiger partial charge on any atom is 0.260 e. The number of para-hydroxylation sites is 1. The summed E-state index contributed by atoms with van der Waals surface area (Å²) in [4.78, 5) is 38.4. The summed E-state index contributed by atoms with van der Waals surface area (Å²) >= 11 is 1.39. The largest absolute Gasteiger partial charge is 0.378 e. The molecule has 2 aliphatic heterocycles. The van der Waals surface area contributed by atoms with Crippen molar-refractivity contribution in [2.75, 3.05) is 58.4 Å². The molecule has 1 unspecified atom stereocenters. The topological polar surface area (TPSA) is 70.4 Å². The molecular formula is C25H26FN5O3S. The lowest BCUT2D eigenvalue weighted by Gasteiger charge is -2.28. The van der Waals surface area contributed by atoms with Gasteiger partial charge in [0.15, 0.2) is 17.3 Å². The third kappa shape index (κ3) is 3.59. The Morgan fingerprint density at radius 2 is 1.97 bits per heavy atom. The molecule has 4 aromatic rings. The van der Waals surface area contributed by atoms with Crippen LogP contribution in [0.2, 0.25) is 0 Å². The number of hydrogen-bond acceptors (Lipinski definition) is 7. The molecule has 1 amide bonds. The number of fused-ring (bicyclic) bond motifs is 5. The average Bonchev–Trinajstić information content (AvgIpc) is 3.50. The second-order valence-corrected chi connectivity index (χ2v) is 10.4. The number of anilines is 1. The fourth-order valence-corrected chi connectivity index (χ4v) is 6.27. The number of likely N-dealkylation sites (N-methyl/N-ethyl adjacent to an activating group) is 1. The molecule has 0 radical (unpaired) electrons. The van der Waals surface area contributed by atoms with Crippen molar-refractivity contribution in [2.24, 2.45) is 0 Å². The Bertz CT molecular complexity index is 1520. The lowest BCUT2D eigenvalue weighted by atomic mass is 10.1. The number of halogens is 1. The van der Waals surface area contributed by atoms with E-state index in [-0.39, 0.29) is 28.7 Å². The van der Waals surface area contributed by atoms with Gasteiger partial charge in [-0.15, -0.1) is 11.3 Å². The molecule has 182 valence electrons. The van der Waals surface area contributed by atoms with Gasteiger partial charge in [-0.25, -0.2) is 9.37 Å². The van der Waals surface area contributed by atoms with Crippen LogP contribution in [0.4, 0.5) is 10.2 Å². The van der Waals surface area contributed by atoms with Crippen LogP contribution in [0.25, 0.3) is 26.1 Å². The maximum atomic E-state index is 15.3. The van der Waals surface area contributed by atoms with Crippen LogP contribution in [0.15, 0.2) is 35.1 Å². The minimum Gasteiger partial charge on any atom is -0.378 e. The van der Waals surface area contributed by atoms with Gasteiger partial charge in [-0.2, -0.15) is 0 Å². The van der Waals surface area contributed by atoms with Crippen molar-refractivity contribution in [3.05, 3.63) is 51.9 Å². The first-order valence-corrected chi connectivity index (χ1v) is 12.6. The molecule has 8 nitrogen and oxygen atoms in total. The predicted octanol–water partition coefficient (Wildman–Crippen LogP) is 2.81. The van der Waals surface area contributed by atoms with Crippen molar-refractivity contribution in [2.45, 2.75) is 12.5 Å². The molecule has 2 aliphatic rings. The quantitative estimate of drug-likeness (QED) is 0.435. The van der Waals surface area contributed by atoms with E-state index in [2.05, 4.69) is 9.88 Å². The summed E-state index contributed by atoms with van der Waals surface area (Å²) in [7, 11) is 3.99. The Balaban J connectivity index is 1.61. The van der Waals surface area contributed by atoms with Crippen molar-refractivity contribution < 1.29 is 13.9 Å². The van der Waals surface area contributed by atoms with Crippen LogP contribution < -0.4 is 10.3 Å². The molecule has 10 heteroatoms. The summed E-state index contributed by atoms with van der Waals surface area (Å²) in [6, 6.07) is 9.23. The Kier molecular flexibility index (Phi) is 5.46. The molecule has 0 N–H and O–H groups in total. The van der Waals surface area contributed by atoms with Gasteiger partial charge in [0.1, 0.15) is 10.4 Å². The summed E-state index contributed by atoms with van der Waals surface area (Å²) < 4.78 is 23.5. The highest BCUT2D eigenvalue weighted by atomic mass is 32.1. The fourth-order valence-electron chi connectivity index (χ4n) is 5.09. The normalized spacial score (nSPS) is 19.0. The van der Waals surface area contributed by atoms with Crippen molar-refractivity contribution >= 4 is 49.1 Å². The number of rotatable bonds is 3. The van der Waals surface area contributed by atoms with Crippen molar-refractivity contribution in [3.63, 3.8) is 0 Å². The Morgan fingerprint density at radius 3 is 2.71 bits per heavy atom. The Hall–Kier alpha value is -3.08. The van der Waals surface area contributed by atoms with E-state index in [1.54, 1.807) is 4.90 Å². The Morgan fingerprint density at radius 1 is 1.20 bits per heavy atom. The molecule has 35 heavy (non-hydrogen) atoms. The minimum atomic E-state index is -0.566. The number of ether oxygens (including phenoxy) is 1. The zero-order valence-electron chi connectivity index (χ0n) is 19.7. The summed E-state index contributed by atoms with van der Waals surface area (Å²) in [5.41, 5.74) is 0.837. The van der Waals surface area contributed by atoms with Gasteiger partial charge in [-0.05, 0) is 38.7 Å². The van der Waals surface area contributed by atoms with E-state index in [1.165, 1.54) is 17.4 Å². The highest BCUT2D eigenvalue weighted by Crippen LogP contribution is 2.33. The summed E-state index contributed by atoms with van der Waals surface area (Å²) in [5.74, 6) is -0.664. The molecule has 0 saturated carbocycles. The van der Waals surface area contributed by atoms with Gasteiger partial charge >= 0.3 is 0 Å². The molecule has 3 aromatic heterocycles. The molecular weight excluding hydrogens is 469 g/mol. The number of thiazole rings is 1. The molecule has 0 bridgehead atoms. The second-order valence-electron chi connectivity index (χ2n) is 9.34. The van der Waals surface area contributed by atoms with Crippen LogP contribution in [-0.2, 0) is 4.74 Å². The molecule has 1 aromatic carbocycles. The van der Waals surface area contributed by atoms with Crippen molar-refractivity contribution in [1.29, 1.82) is 0 Å². The predicted molar refractivity (Wildman–Crippen MR) is 135 cm³/mol. The second kappa shape index (κ2) is 8.54. The number of hydrogen-bond donors (Lipinski definition) is 0. The first-order valence-electron chi connectivity index (χ1n) is 11.8. The lowest BCUT2D eigenvalue weighted by Crippen LogP contribution is -2.38. The van der Waals surface area contributed by atoms with Crippen LogP contribution in [0.5, 0.6) is 0 Å². The summed E-state index contributed by atoms with van der Waals surface area (Å²) in [5, 5.41) is 0.118. The van der Waals surface area contributed by atoms with Gasteiger partial charge in [-0.3, -0.25) is 14.0 Å². The fraction of sp³-hybridized carbons (Fsp3) is 0.400. The number of nitrogens with zero attached hydrogens (tertiary/aromatic N) is 5. The molecule has 5 heterocycles. The smallest absolute Gasteiger partial charge is 0.260 e. The van der Waals surface area contributed by atoms with Crippen LogP contribution in [-0.4, -0.2) is 84.6 Å². The number of amides is 1. The van der Waals surface area contributed by atoms with Crippen LogP contribution in [0, 0.1) is 5.82 Å². The minimum absolute atomic E-state index is 0.0958. The monoisotopic (exact) mass is 495 g/mol. The number of pyridine rings is 2. The van der Waals surface area contributed by atoms with E-state index >= 15 is 4.39 Å². The van der Waals surface area contributed by atoms with E-state index in [4.69, 9.17) is 4.74 Å². The van der Waals surface area contributed by atoms with E-state index < -0.39 is 11.2 Å². The first kappa shape index (κ1) is 22.4. The summed E-state index contributed by atoms with van der Waals surface area (Å²) in [6.07, 6.45) is 0.850. The van der Waals surface area contributed by atoms with E-state index in [1.807, 2.05) is 47.7 Å². The van der Waals surface area contributed by atoms with Crippen LogP contribution in [0.3, 0.4) is 0 Å². The standard InChI is InChI=1S/C25H26FN5O3S/c1-28(2)15-7-8-30(14-15)24(33)20-21(32)16-13-17(26)23(29-9-11-34-12-10-29)27-22(16)31-18-5-3-4-6-19(18)35-25(20)31/h3-6,13,15H,7-12,14H2,1-2H3. The Labute approximate surface area is 205 Å². The third-order valence-electron chi connectivity index (χ3n) is 7.06. The number of carbonyl (C=O) groups excluding carboxylic acids is 1. The van der Waals surface area contributed by atoms with Gasteiger partial charge < -0.3 is 19.4 Å². The number of likely N-dealkylation sites (tertiary alicyclic amines) is 1. The van der Waals surface area contributed by atoms with Crippen molar-refractivity contribution in [1.82, 2.24) is 19.2 Å². The summed E-state index contributed by atoms with van der Waals surface area (Å²) in [6.45, 7) is 3.18. The molecule has 2 saturated heterocycles. The number of aromatic nitrogens is 2. The zero-order chi connectivity index (χ0) is 24.3.